The highest BCUT2D eigenvalue weighted by atomic mass is 16.2. The van der Waals surface area contributed by atoms with Crippen LogP contribution in [0.5, 0.6) is 0 Å². The van der Waals surface area contributed by atoms with Crippen LogP contribution in [0.25, 0.3) is 0 Å². The third kappa shape index (κ3) is 3.66. The molecule has 16 heavy (non-hydrogen) atoms. The molecule has 1 atom stereocenters. The van der Waals surface area contributed by atoms with Gasteiger partial charge in [0.25, 0.3) is 0 Å². The van der Waals surface area contributed by atoms with Crippen LogP contribution >= 0.6 is 0 Å². The molecule has 1 aromatic carbocycles. The number of hydrogen-bond acceptors (Lipinski definition) is 2. The monoisotopic (exact) mass is 220 g/mol. The molecule has 3 heteroatoms. The summed E-state index contributed by atoms with van der Waals surface area (Å²) >= 11 is 0. The molecule has 2 N–H and O–H groups in total. The fourth-order valence-corrected chi connectivity index (χ4v) is 1.47. The molecule has 0 heterocycles. The number of likely N-dealkylation sites (N-methyl/N-ethyl adjacent to an activating group) is 1. The lowest BCUT2D eigenvalue weighted by atomic mass is 10.1. The van der Waals surface area contributed by atoms with Gasteiger partial charge in [0.05, 0.1) is 6.04 Å². The number of nitrogens with one attached hydrogen (secondary N) is 2. The SMILES string of the molecule is CCc1ccc(CNC(C)C(=O)NC)cc1. The first kappa shape index (κ1) is 12.7. The maximum Gasteiger partial charge on any atom is 0.236 e. The molecule has 0 aliphatic carbocycles. The van der Waals surface area contributed by atoms with E-state index in [0.717, 1.165) is 13.0 Å². The van der Waals surface area contributed by atoms with Crippen molar-refractivity contribution < 1.29 is 4.79 Å². The van der Waals surface area contributed by atoms with Crippen molar-refractivity contribution >= 4 is 5.91 Å². The Hall–Kier alpha value is -1.35. The van der Waals surface area contributed by atoms with Gasteiger partial charge in [-0.3, -0.25) is 4.79 Å². The lowest BCUT2D eigenvalue weighted by Crippen LogP contribution is -2.40. The van der Waals surface area contributed by atoms with E-state index in [9.17, 15) is 4.79 Å². The first-order valence-electron chi connectivity index (χ1n) is 5.70. The van der Waals surface area contributed by atoms with E-state index in [4.69, 9.17) is 0 Å². The third-order valence-corrected chi connectivity index (χ3v) is 2.68. The van der Waals surface area contributed by atoms with Gasteiger partial charge in [-0.1, -0.05) is 31.2 Å². The molecule has 1 unspecified atom stereocenters. The van der Waals surface area contributed by atoms with Crippen LogP contribution in [0.4, 0.5) is 0 Å². The highest BCUT2D eigenvalue weighted by molar-refractivity contribution is 5.80. The predicted octanol–water partition coefficient (Wildman–Crippen LogP) is 1.47. The van der Waals surface area contributed by atoms with Gasteiger partial charge in [-0.2, -0.15) is 0 Å². The number of hydrogen-bond donors (Lipinski definition) is 2. The van der Waals surface area contributed by atoms with E-state index in [2.05, 4.69) is 41.8 Å². The maximum absolute atomic E-state index is 11.3. The van der Waals surface area contributed by atoms with Crippen molar-refractivity contribution in [1.82, 2.24) is 10.6 Å². The summed E-state index contributed by atoms with van der Waals surface area (Å²) in [6, 6.07) is 8.30. The van der Waals surface area contributed by atoms with E-state index in [-0.39, 0.29) is 11.9 Å². The standard InChI is InChI=1S/C13H20N2O/c1-4-11-5-7-12(8-6-11)9-15-10(2)13(16)14-3/h5-8,10,15H,4,9H2,1-3H3,(H,14,16). The van der Waals surface area contributed by atoms with Crippen LogP contribution < -0.4 is 10.6 Å². The third-order valence-electron chi connectivity index (χ3n) is 2.68. The average molecular weight is 220 g/mol. The fourth-order valence-electron chi connectivity index (χ4n) is 1.47. The van der Waals surface area contributed by atoms with Gasteiger partial charge in [0.1, 0.15) is 0 Å². The van der Waals surface area contributed by atoms with Gasteiger partial charge in [0, 0.05) is 13.6 Å². The molecular weight excluding hydrogens is 200 g/mol. The number of aryl methyl sites for hydroxylation is 1. The molecule has 3 nitrogen and oxygen atoms in total. The van der Waals surface area contributed by atoms with Gasteiger partial charge in [-0.15, -0.1) is 0 Å². The van der Waals surface area contributed by atoms with E-state index in [1.165, 1.54) is 11.1 Å². The smallest absolute Gasteiger partial charge is 0.236 e. The van der Waals surface area contributed by atoms with Crippen LogP contribution in [0, 0.1) is 0 Å². The van der Waals surface area contributed by atoms with Crippen LogP contribution in [-0.4, -0.2) is 19.0 Å². The molecule has 0 aromatic heterocycles. The van der Waals surface area contributed by atoms with Crippen LogP contribution in [0.2, 0.25) is 0 Å². The number of carbonyl (C=O) groups excluding carboxylic acids is 1. The second kappa shape index (κ2) is 6.28. The minimum atomic E-state index is -0.157. The molecule has 0 fully saturated rings. The first-order valence-corrected chi connectivity index (χ1v) is 5.70. The molecule has 0 saturated carbocycles. The van der Waals surface area contributed by atoms with Crippen molar-refractivity contribution in [3.05, 3.63) is 35.4 Å². The topological polar surface area (TPSA) is 41.1 Å². The average Bonchev–Trinajstić information content (AvgIpc) is 2.35. The number of carbonyl (C=O) groups is 1. The van der Waals surface area contributed by atoms with Gasteiger partial charge in [0.15, 0.2) is 0 Å². The quantitative estimate of drug-likeness (QED) is 0.789. The van der Waals surface area contributed by atoms with E-state index in [1.54, 1.807) is 7.05 Å². The summed E-state index contributed by atoms with van der Waals surface area (Å²) in [5.74, 6) is 0.0187. The van der Waals surface area contributed by atoms with Crippen molar-refractivity contribution in [2.45, 2.75) is 32.9 Å². The molecule has 1 rings (SSSR count). The zero-order valence-corrected chi connectivity index (χ0v) is 10.2. The molecule has 1 aromatic rings. The molecule has 0 bridgehead atoms. The zero-order chi connectivity index (χ0) is 12.0. The van der Waals surface area contributed by atoms with Gasteiger partial charge >= 0.3 is 0 Å². The summed E-state index contributed by atoms with van der Waals surface area (Å²) in [6.45, 7) is 4.72. The van der Waals surface area contributed by atoms with Gasteiger partial charge in [-0.05, 0) is 24.5 Å². The second-order valence-corrected chi connectivity index (χ2v) is 3.89. The zero-order valence-electron chi connectivity index (χ0n) is 10.2. The number of rotatable bonds is 5. The molecule has 0 spiro atoms. The lowest BCUT2D eigenvalue weighted by Gasteiger charge is -2.12. The Morgan fingerprint density at radius 3 is 2.31 bits per heavy atom. The van der Waals surface area contributed by atoms with E-state index >= 15 is 0 Å². The fraction of sp³-hybridized carbons (Fsp3) is 0.462. The summed E-state index contributed by atoms with van der Waals surface area (Å²) < 4.78 is 0. The van der Waals surface area contributed by atoms with Crippen molar-refractivity contribution in [2.75, 3.05) is 7.05 Å². The summed E-state index contributed by atoms with van der Waals surface area (Å²) in [5, 5.41) is 5.79. The van der Waals surface area contributed by atoms with Crippen LogP contribution in [0.15, 0.2) is 24.3 Å². The van der Waals surface area contributed by atoms with E-state index < -0.39 is 0 Å². The summed E-state index contributed by atoms with van der Waals surface area (Å²) in [5.41, 5.74) is 2.54. The highest BCUT2D eigenvalue weighted by Crippen LogP contribution is 2.04. The van der Waals surface area contributed by atoms with Crippen molar-refractivity contribution in [1.29, 1.82) is 0 Å². The predicted molar refractivity (Wildman–Crippen MR) is 66.2 cm³/mol. The largest absolute Gasteiger partial charge is 0.358 e. The molecule has 88 valence electrons. The summed E-state index contributed by atoms with van der Waals surface area (Å²) in [4.78, 5) is 11.3. The normalized spacial score (nSPS) is 12.2. The minimum absolute atomic E-state index is 0.0187. The maximum atomic E-state index is 11.3. The van der Waals surface area contributed by atoms with Crippen molar-refractivity contribution in [3.8, 4) is 0 Å². The van der Waals surface area contributed by atoms with Crippen LogP contribution in [-0.2, 0) is 17.8 Å². The molecule has 0 aliphatic rings. The van der Waals surface area contributed by atoms with E-state index in [1.807, 2.05) is 6.92 Å². The highest BCUT2D eigenvalue weighted by Gasteiger charge is 2.08. The number of amides is 1. The Morgan fingerprint density at radius 1 is 1.25 bits per heavy atom. The lowest BCUT2D eigenvalue weighted by molar-refractivity contribution is -0.122. The molecule has 0 aliphatic heterocycles. The summed E-state index contributed by atoms with van der Waals surface area (Å²) in [6.07, 6.45) is 1.06. The molecule has 0 radical (unpaired) electrons. The molecular formula is C13H20N2O. The Morgan fingerprint density at radius 2 is 1.81 bits per heavy atom. The van der Waals surface area contributed by atoms with Gasteiger partial charge in [-0.25, -0.2) is 0 Å². The molecule has 0 saturated heterocycles. The van der Waals surface area contributed by atoms with Crippen LogP contribution in [0.1, 0.15) is 25.0 Å². The van der Waals surface area contributed by atoms with Crippen molar-refractivity contribution in [3.63, 3.8) is 0 Å². The van der Waals surface area contributed by atoms with Gasteiger partial charge < -0.3 is 10.6 Å². The Balaban J connectivity index is 2.45. The van der Waals surface area contributed by atoms with Crippen molar-refractivity contribution in [2.24, 2.45) is 0 Å². The second-order valence-electron chi connectivity index (χ2n) is 3.89. The summed E-state index contributed by atoms with van der Waals surface area (Å²) in [7, 11) is 1.65. The Labute approximate surface area is 97.2 Å². The van der Waals surface area contributed by atoms with E-state index in [0.29, 0.717) is 0 Å². The number of benzene rings is 1. The molecule has 1 amide bonds. The van der Waals surface area contributed by atoms with Gasteiger partial charge in [0.2, 0.25) is 5.91 Å². The minimum Gasteiger partial charge on any atom is -0.358 e. The Kier molecular flexibility index (Phi) is 4.99. The van der Waals surface area contributed by atoms with Crippen LogP contribution in [0.3, 0.4) is 0 Å². The Bertz CT molecular complexity index is 332. The first-order chi connectivity index (χ1) is 7.67.